The van der Waals surface area contributed by atoms with Gasteiger partial charge in [0.05, 0.1) is 17.9 Å². The minimum Gasteiger partial charge on any atom is -0.493 e. The van der Waals surface area contributed by atoms with Gasteiger partial charge in [0, 0.05) is 36.7 Å². The standard InChI is InChI=1S/C23H21F4N3O2/c24-18-6-4-15(5-7-18)22(31)30-10-8-16(14-30)21-13-19(28-29-21)9-11-32-20-3-1-2-17(12-20)23(25,26)27/h1-7,12-13,16H,8-11,14H2,(H,28,29). The molecule has 1 aliphatic heterocycles. The van der Waals surface area contributed by atoms with Gasteiger partial charge in [0.25, 0.3) is 5.91 Å². The van der Waals surface area contributed by atoms with Gasteiger partial charge < -0.3 is 9.64 Å². The maximum atomic E-state index is 13.1. The molecule has 0 bridgehead atoms. The number of carbonyl (C=O) groups excluding carboxylic acids is 1. The van der Waals surface area contributed by atoms with Crippen LogP contribution in [0.25, 0.3) is 0 Å². The molecule has 32 heavy (non-hydrogen) atoms. The van der Waals surface area contributed by atoms with Gasteiger partial charge >= 0.3 is 6.18 Å². The Bertz CT molecular complexity index is 1080. The summed E-state index contributed by atoms with van der Waals surface area (Å²) in [5.74, 6) is -0.293. The quantitative estimate of drug-likeness (QED) is 0.552. The molecule has 2 aromatic carbocycles. The number of amides is 1. The largest absolute Gasteiger partial charge is 0.493 e. The van der Waals surface area contributed by atoms with Crippen molar-refractivity contribution < 1.29 is 27.1 Å². The van der Waals surface area contributed by atoms with Crippen molar-refractivity contribution in [3.05, 3.63) is 82.9 Å². The Morgan fingerprint density at radius 3 is 2.69 bits per heavy atom. The van der Waals surface area contributed by atoms with Crippen molar-refractivity contribution in [2.45, 2.75) is 24.9 Å². The molecule has 168 valence electrons. The number of H-pyrrole nitrogens is 1. The monoisotopic (exact) mass is 447 g/mol. The highest BCUT2D eigenvalue weighted by atomic mass is 19.4. The van der Waals surface area contributed by atoms with Crippen LogP contribution in [0.1, 0.15) is 39.6 Å². The predicted octanol–water partition coefficient (Wildman–Crippen LogP) is 4.82. The van der Waals surface area contributed by atoms with Crippen molar-refractivity contribution in [3.63, 3.8) is 0 Å². The Balaban J connectivity index is 1.30. The lowest BCUT2D eigenvalue weighted by molar-refractivity contribution is -0.137. The summed E-state index contributed by atoms with van der Waals surface area (Å²) in [6.45, 7) is 1.30. The molecule has 1 saturated heterocycles. The van der Waals surface area contributed by atoms with Crippen LogP contribution in [0.4, 0.5) is 17.6 Å². The van der Waals surface area contributed by atoms with Gasteiger partial charge in [-0.15, -0.1) is 0 Å². The smallest absolute Gasteiger partial charge is 0.416 e. The average Bonchev–Trinajstić information content (AvgIpc) is 3.43. The number of nitrogens with zero attached hydrogens (tertiary/aromatic N) is 2. The molecule has 5 nitrogen and oxygen atoms in total. The molecule has 1 amide bonds. The normalized spacial score (nSPS) is 16.4. The summed E-state index contributed by atoms with van der Waals surface area (Å²) >= 11 is 0. The first-order chi connectivity index (χ1) is 15.3. The Morgan fingerprint density at radius 2 is 1.94 bits per heavy atom. The molecule has 0 radical (unpaired) electrons. The molecular weight excluding hydrogens is 426 g/mol. The Kier molecular flexibility index (Phi) is 6.16. The molecule has 9 heteroatoms. The Morgan fingerprint density at radius 1 is 1.16 bits per heavy atom. The number of ether oxygens (including phenoxy) is 1. The molecule has 0 saturated carbocycles. The molecule has 0 aliphatic carbocycles. The first-order valence-electron chi connectivity index (χ1n) is 10.2. The Labute approximate surface area is 182 Å². The predicted molar refractivity (Wildman–Crippen MR) is 109 cm³/mol. The summed E-state index contributed by atoms with van der Waals surface area (Å²) in [6, 6.07) is 12.1. The second kappa shape index (κ2) is 9.02. The van der Waals surface area contributed by atoms with Gasteiger partial charge in [-0.2, -0.15) is 18.3 Å². The lowest BCUT2D eigenvalue weighted by atomic mass is 10.0. The summed E-state index contributed by atoms with van der Waals surface area (Å²) in [4.78, 5) is 14.3. The number of alkyl halides is 3. The van der Waals surface area contributed by atoms with Gasteiger partial charge in [-0.05, 0) is 55.0 Å². The third-order valence-electron chi connectivity index (χ3n) is 5.44. The minimum absolute atomic E-state index is 0.0776. The fourth-order valence-corrected chi connectivity index (χ4v) is 3.72. The van der Waals surface area contributed by atoms with Gasteiger partial charge in [-0.3, -0.25) is 9.89 Å². The number of carbonyl (C=O) groups is 1. The summed E-state index contributed by atoms with van der Waals surface area (Å²) in [5, 5.41) is 7.26. The highest BCUT2D eigenvalue weighted by molar-refractivity contribution is 5.94. The van der Waals surface area contributed by atoms with Crippen molar-refractivity contribution in [1.82, 2.24) is 15.1 Å². The topological polar surface area (TPSA) is 58.2 Å². The summed E-state index contributed by atoms with van der Waals surface area (Å²) in [6.07, 6.45) is -3.20. The summed E-state index contributed by atoms with van der Waals surface area (Å²) < 4.78 is 56.9. The van der Waals surface area contributed by atoms with E-state index in [1.54, 1.807) is 4.90 Å². The maximum Gasteiger partial charge on any atom is 0.416 e. The number of halogens is 4. The van der Waals surface area contributed by atoms with E-state index in [0.29, 0.717) is 25.1 Å². The second-order valence-corrected chi connectivity index (χ2v) is 7.69. The van der Waals surface area contributed by atoms with Crippen LogP contribution in [-0.4, -0.2) is 40.7 Å². The molecule has 1 fully saturated rings. The fourth-order valence-electron chi connectivity index (χ4n) is 3.72. The van der Waals surface area contributed by atoms with Crippen LogP contribution in [0.3, 0.4) is 0 Å². The van der Waals surface area contributed by atoms with Crippen molar-refractivity contribution in [2.24, 2.45) is 0 Å². The Hall–Kier alpha value is -3.36. The summed E-state index contributed by atoms with van der Waals surface area (Å²) in [7, 11) is 0. The maximum absolute atomic E-state index is 13.1. The number of likely N-dealkylation sites (tertiary alicyclic amines) is 1. The van der Waals surface area contributed by atoms with Gasteiger partial charge in [0.15, 0.2) is 0 Å². The number of benzene rings is 2. The third kappa shape index (κ3) is 5.09. The fraction of sp³-hybridized carbons (Fsp3) is 0.304. The van der Waals surface area contributed by atoms with Crippen LogP contribution in [0.2, 0.25) is 0 Å². The number of hydrogen-bond acceptors (Lipinski definition) is 3. The minimum atomic E-state index is -4.41. The van der Waals surface area contributed by atoms with E-state index in [0.717, 1.165) is 29.9 Å². The zero-order valence-corrected chi connectivity index (χ0v) is 17.0. The van der Waals surface area contributed by atoms with E-state index in [4.69, 9.17) is 4.74 Å². The van der Waals surface area contributed by atoms with Crippen molar-refractivity contribution in [1.29, 1.82) is 0 Å². The molecule has 1 N–H and O–H groups in total. The molecular formula is C23H21F4N3O2. The van der Waals surface area contributed by atoms with Crippen molar-refractivity contribution in [3.8, 4) is 5.75 Å². The van der Waals surface area contributed by atoms with E-state index in [2.05, 4.69) is 10.2 Å². The van der Waals surface area contributed by atoms with Crippen LogP contribution in [0, 0.1) is 5.82 Å². The molecule has 2 heterocycles. The van der Waals surface area contributed by atoms with Crippen LogP contribution in [0.15, 0.2) is 54.6 Å². The van der Waals surface area contributed by atoms with Crippen LogP contribution < -0.4 is 4.74 Å². The number of nitrogens with one attached hydrogen (secondary N) is 1. The van der Waals surface area contributed by atoms with E-state index in [9.17, 15) is 22.4 Å². The van der Waals surface area contributed by atoms with Crippen molar-refractivity contribution >= 4 is 5.91 Å². The first-order valence-corrected chi connectivity index (χ1v) is 10.2. The highest BCUT2D eigenvalue weighted by Crippen LogP contribution is 2.31. The first kappa shape index (κ1) is 21.9. The van der Waals surface area contributed by atoms with E-state index in [-0.39, 0.29) is 30.0 Å². The number of hydrogen-bond donors (Lipinski definition) is 1. The zero-order valence-electron chi connectivity index (χ0n) is 17.0. The molecule has 1 aliphatic rings. The molecule has 3 aromatic rings. The van der Waals surface area contributed by atoms with Gasteiger partial charge in [-0.1, -0.05) is 6.07 Å². The SMILES string of the molecule is O=C(c1ccc(F)cc1)N1CCC(c2cc(CCOc3cccc(C(F)(F)F)c3)[nH]n2)C1. The number of aromatic amines is 1. The molecule has 1 aromatic heterocycles. The van der Waals surface area contributed by atoms with E-state index < -0.39 is 11.7 Å². The molecule has 0 spiro atoms. The average molecular weight is 447 g/mol. The van der Waals surface area contributed by atoms with Crippen LogP contribution in [-0.2, 0) is 12.6 Å². The van der Waals surface area contributed by atoms with Crippen LogP contribution >= 0.6 is 0 Å². The molecule has 4 rings (SSSR count). The zero-order chi connectivity index (χ0) is 22.7. The van der Waals surface area contributed by atoms with Crippen LogP contribution in [0.5, 0.6) is 5.75 Å². The second-order valence-electron chi connectivity index (χ2n) is 7.69. The van der Waals surface area contributed by atoms with E-state index in [1.165, 1.54) is 36.4 Å². The lowest BCUT2D eigenvalue weighted by Gasteiger charge is -2.16. The molecule has 1 atom stereocenters. The van der Waals surface area contributed by atoms with E-state index in [1.807, 2.05) is 6.07 Å². The molecule has 1 unspecified atom stereocenters. The lowest BCUT2D eigenvalue weighted by Crippen LogP contribution is -2.28. The van der Waals surface area contributed by atoms with E-state index >= 15 is 0 Å². The summed E-state index contributed by atoms with van der Waals surface area (Å²) in [5.41, 5.74) is 1.32. The van der Waals surface area contributed by atoms with Gasteiger partial charge in [0.1, 0.15) is 11.6 Å². The number of rotatable bonds is 6. The number of aromatic nitrogens is 2. The van der Waals surface area contributed by atoms with Gasteiger partial charge in [0.2, 0.25) is 0 Å². The van der Waals surface area contributed by atoms with Crippen molar-refractivity contribution in [2.75, 3.05) is 19.7 Å². The third-order valence-corrected chi connectivity index (χ3v) is 5.44. The van der Waals surface area contributed by atoms with Gasteiger partial charge in [-0.25, -0.2) is 4.39 Å². The highest BCUT2D eigenvalue weighted by Gasteiger charge is 2.31.